The number of benzene rings is 1. The Kier molecular flexibility index (Phi) is 3.54. The summed E-state index contributed by atoms with van der Waals surface area (Å²) in [6.07, 6.45) is 2.09. The molecule has 0 aromatic heterocycles. The SMILES string of the molecule is COC(=O)N1c2c(OC)cccc2[C@@]23CCN4[C@@H]5CC[C@]6(CC[C@]12[C@](O)(C(=O)OC)[C@@H]6O5)[C@H]43. The van der Waals surface area contributed by atoms with Gasteiger partial charge < -0.3 is 24.1 Å². The van der Waals surface area contributed by atoms with Crippen molar-refractivity contribution in [3.05, 3.63) is 23.8 Å². The second kappa shape index (κ2) is 5.82. The third-order valence-corrected chi connectivity index (χ3v) is 10.0. The van der Waals surface area contributed by atoms with Crippen LogP contribution < -0.4 is 9.64 Å². The highest BCUT2D eigenvalue weighted by atomic mass is 16.6. The van der Waals surface area contributed by atoms with Gasteiger partial charge in [-0.2, -0.15) is 0 Å². The summed E-state index contributed by atoms with van der Waals surface area (Å²) in [4.78, 5) is 31.2. The van der Waals surface area contributed by atoms with Crippen LogP contribution in [0.2, 0.25) is 0 Å². The molecule has 4 saturated heterocycles. The Hall–Kier alpha value is -2.36. The standard InChI is InChI=1S/C24H28N2O7/c1-30-14-6-4-5-13-16(14)26(20(28)32-3)23-10-9-21-8-7-15(25-12-11-22(13,23)17(21)25)33-18(21)24(23,29)19(27)31-2/h4-6,15,17-18,29H,7-12H2,1-3H3/t15-,17-,18+,21-,22+,23-,24+/m0/s1. The van der Waals surface area contributed by atoms with Crippen LogP contribution in [0, 0.1) is 5.41 Å². The van der Waals surface area contributed by atoms with Crippen molar-refractivity contribution >= 4 is 17.7 Å². The summed E-state index contributed by atoms with van der Waals surface area (Å²) < 4.78 is 22.8. The summed E-state index contributed by atoms with van der Waals surface area (Å²) in [6, 6.07) is 5.80. The van der Waals surface area contributed by atoms with Crippen LogP contribution in [-0.2, 0) is 24.4 Å². The van der Waals surface area contributed by atoms with Crippen LogP contribution in [0.5, 0.6) is 5.75 Å². The molecule has 1 aromatic rings. The topological polar surface area (TPSA) is 97.8 Å². The van der Waals surface area contributed by atoms with Crippen LogP contribution in [0.4, 0.5) is 10.5 Å². The Labute approximate surface area is 191 Å². The highest BCUT2D eigenvalue weighted by Crippen LogP contribution is 2.80. The van der Waals surface area contributed by atoms with Gasteiger partial charge in [-0.15, -0.1) is 0 Å². The number of amides is 1. The van der Waals surface area contributed by atoms with Gasteiger partial charge in [0.2, 0.25) is 5.60 Å². The highest BCUT2D eigenvalue weighted by molar-refractivity contribution is 6.01. The summed E-state index contributed by atoms with van der Waals surface area (Å²) in [7, 11) is 4.17. The fourth-order valence-electron chi connectivity index (χ4n) is 9.34. The average Bonchev–Trinajstić information content (AvgIpc) is 3.41. The van der Waals surface area contributed by atoms with E-state index in [4.69, 9.17) is 18.9 Å². The molecule has 5 aliphatic heterocycles. The van der Waals surface area contributed by atoms with Crippen molar-refractivity contribution < 1.29 is 33.6 Å². The maximum atomic E-state index is 13.6. The third kappa shape index (κ3) is 1.66. The van der Waals surface area contributed by atoms with E-state index in [1.54, 1.807) is 7.11 Å². The van der Waals surface area contributed by atoms with E-state index in [0.29, 0.717) is 24.3 Å². The first-order chi connectivity index (χ1) is 15.9. The Balaban J connectivity index is 1.65. The van der Waals surface area contributed by atoms with Gasteiger partial charge in [-0.05, 0) is 43.7 Å². The Morgan fingerprint density at radius 1 is 1.12 bits per heavy atom. The van der Waals surface area contributed by atoms with Crippen LogP contribution in [0.1, 0.15) is 37.7 Å². The Bertz CT molecular complexity index is 1110. The van der Waals surface area contributed by atoms with E-state index in [-0.39, 0.29) is 12.3 Å². The van der Waals surface area contributed by atoms with E-state index >= 15 is 0 Å². The molecule has 5 heterocycles. The number of para-hydroxylation sites is 1. The van der Waals surface area contributed by atoms with Gasteiger partial charge in [0.15, 0.2) is 0 Å². The lowest BCUT2D eigenvalue weighted by Crippen LogP contribution is -2.93. The monoisotopic (exact) mass is 456 g/mol. The number of hydrogen-bond donors (Lipinski definition) is 1. The van der Waals surface area contributed by atoms with Gasteiger partial charge in [0, 0.05) is 23.4 Å². The summed E-state index contributed by atoms with van der Waals surface area (Å²) in [5, 5.41) is 12.7. The van der Waals surface area contributed by atoms with Gasteiger partial charge in [-0.25, -0.2) is 9.59 Å². The lowest BCUT2D eigenvalue weighted by atomic mass is 9.35. The van der Waals surface area contributed by atoms with Crippen molar-refractivity contribution in [2.75, 3.05) is 32.8 Å². The Morgan fingerprint density at radius 2 is 1.94 bits per heavy atom. The molecular weight excluding hydrogens is 428 g/mol. The van der Waals surface area contributed by atoms with Crippen LogP contribution >= 0.6 is 0 Å². The van der Waals surface area contributed by atoms with Gasteiger partial charge in [0.1, 0.15) is 23.6 Å². The van der Waals surface area contributed by atoms with Gasteiger partial charge >= 0.3 is 12.1 Å². The number of fused-ring (bicyclic) bond motifs is 3. The van der Waals surface area contributed by atoms with Gasteiger partial charge in [-0.3, -0.25) is 9.80 Å². The van der Waals surface area contributed by atoms with Crippen molar-refractivity contribution in [2.45, 2.75) is 67.0 Å². The molecule has 176 valence electrons. The first-order valence-electron chi connectivity index (χ1n) is 11.7. The Morgan fingerprint density at radius 3 is 2.67 bits per heavy atom. The van der Waals surface area contributed by atoms with Crippen molar-refractivity contribution in [3.8, 4) is 5.75 Å². The van der Waals surface area contributed by atoms with E-state index < -0.39 is 40.1 Å². The van der Waals surface area contributed by atoms with E-state index in [1.807, 2.05) is 18.2 Å². The predicted molar refractivity (Wildman–Crippen MR) is 114 cm³/mol. The number of ether oxygens (including phenoxy) is 4. The summed E-state index contributed by atoms with van der Waals surface area (Å²) in [5.41, 5.74) is -2.92. The first-order valence-corrected chi connectivity index (χ1v) is 11.7. The van der Waals surface area contributed by atoms with Crippen molar-refractivity contribution in [1.29, 1.82) is 0 Å². The molecule has 3 aliphatic carbocycles. The molecule has 0 radical (unpaired) electrons. The molecule has 1 aromatic carbocycles. The number of aliphatic hydroxyl groups is 1. The number of esters is 1. The number of methoxy groups -OCH3 is 3. The van der Waals surface area contributed by atoms with Gasteiger partial charge in [0.05, 0.1) is 27.0 Å². The van der Waals surface area contributed by atoms with Crippen LogP contribution in [0.3, 0.4) is 0 Å². The maximum absolute atomic E-state index is 13.6. The molecule has 1 N–H and O–H groups in total. The van der Waals surface area contributed by atoms with E-state index in [2.05, 4.69) is 4.90 Å². The van der Waals surface area contributed by atoms with Gasteiger partial charge in [-0.1, -0.05) is 12.1 Å². The summed E-state index contributed by atoms with van der Waals surface area (Å²) in [5.74, 6) is -0.237. The molecule has 9 heteroatoms. The minimum atomic E-state index is -2.05. The number of carbonyl (C=O) groups is 2. The van der Waals surface area contributed by atoms with Crippen LogP contribution in [-0.4, -0.2) is 79.5 Å². The van der Waals surface area contributed by atoms with Crippen LogP contribution in [0.25, 0.3) is 0 Å². The second-order valence-corrected chi connectivity index (χ2v) is 10.4. The first kappa shape index (κ1) is 20.1. The molecule has 5 bridgehead atoms. The number of piperidine rings is 1. The number of rotatable bonds is 2. The third-order valence-electron chi connectivity index (χ3n) is 10.0. The zero-order valence-electron chi connectivity index (χ0n) is 19.0. The van der Waals surface area contributed by atoms with Crippen LogP contribution in [0.15, 0.2) is 18.2 Å². The lowest BCUT2D eigenvalue weighted by molar-refractivity contribution is -0.366. The molecule has 3 saturated carbocycles. The van der Waals surface area contributed by atoms with E-state index in [1.165, 1.54) is 19.1 Å². The minimum absolute atomic E-state index is 0.0432. The van der Waals surface area contributed by atoms with Crippen molar-refractivity contribution in [1.82, 2.24) is 4.90 Å². The smallest absolute Gasteiger partial charge is 0.414 e. The fraction of sp³-hybridized carbons (Fsp3) is 0.667. The molecule has 9 nitrogen and oxygen atoms in total. The normalized spacial score (nSPS) is 45.6. The molecule has 0 unspecified atom stereocenters. The zero-order valence-corrected chi connectivity index (χ0v) is 19.0. The van der Waals surface area contributed by atoms with E-state index in [9.17, 15) is 14.7 Å². The molecule has 7 atom stereocenters. The number of carbonyl (C=O) groups excluding carboxylic acids is 2. The van der Waals surface area contributed by atoms with E-state index in [0.717, 1.165) is 31.4 Å². The largest absolute Gasteiger partial charge is 0.495 e. The quantitative estimate of drug-likeness (QED) is 0.670. The predicted octanol–water partition coefficient (Wildman–Crippen LogP) is 1.55. The second-order valence-electron chi connectivity index (χ2n) is 10.4. The lowest BCUT2D eigenvalue weighted by Gasteiger charge is -2.77. The van der Waals surface area contributed by atoms with Gasteiger partial charge in [0.25, 0.3) is 0 Å². The minimum Gasteiger partial charge on any atom is -0.495 e. The molecule has 1 amide bonds. The number of nitrogens with zero attached hydrogens (tertiary/aromatic N) is 2. The van der Waals surface area contributed by atoms with Crippen molar-refractivity contribution in [3.63, 3.8) is 0 Å². The van der Waals surface area contributed by atoms with Crippen molar-refractivity contribution in [2.24, 2.45) is 5.41 Å². The molecule has 8 aliphatic rings. The fourth-order valence-corrected chi connectivity index (χ4v) is 9.34. The highest BCUT2D eigenvalue weighted by Gasteiger charge is 2.92. The number of hydrogen-bond acceptors (Lipinski definition) is 8. The molecular formula is C24H28N2O7. The number of anilines is 1. The summed E-state index contributed by atoms with van der Waals surface area (Å²) >= 11 is 0. The average molecular weight is 456 g/mol. The zero-order chi connectivity index (χ0) is 23.0. The maximum Gasteiger partial charge on any atom is 0.414 e. The molecule has 7 fully saturated rings. The molecule has 33 heavy (non-hydrogen) atoms. The molecule has 3 spiro atoms. The summed E-state index contributed by atoms with van der Waals surface area (Å²) in [6.45, 7) is 0.772. The molecule has 9 rings (SSSR count).